The second-order valence-corrected chi connectivity index (χ2v) is 6.27. The molecule has 1 N–H and O–H groups in total. The van der Waals surface area contributed by atoms with Crippen molar-refractivity contribution in [3.05, 3.63) is 64.1 Å². The van der Waals surface area contributed by atoms with Crippen molar-refractivity contribution in [3.8, 4) is 5.75 Å². The zero-order valence-electron chi connectivity index (χ0n) is 14.0. The van der Waals surface area contributed by atoms with Gasteiger partial charge >= 0.3 is 12.1 Å². The summed E-state index contributed by atoms with van der Waals surface area (Å²) in [7, 11) is 1.02. The molecule has 0 aliphatic carbocycles. The van der Waals surface area contributed by atoms with Crippen molar-refractivity contribution in [1.29, 1.82) is 0 Å². The molecule has 1 atom stereocenters. The Labute approximate surface area is 161 Å². The molecule has 0 bridgehead atoms. The van der Waals surface area contributed by atoms with Gasteiger partial charge in [-0.15, -0.1) is 0 Å². The van der Waals surface area contributed by atoms with Crippen molar-refractivity contribution in [1.82, 2.24) is 5.32 Å². The summed E-state index contributed by atoms with van der Waals surface area (Å²) in [5.41, 5.74) is -1.44. The van der Waals surface area contributed by atoms with Crippen LogP contribution in [0, 0.1) is 0 Å². The maximum atomic E-state index is 13.2. The number of carbonyl (C=O) groups is 2. The van der Waals surface area contributed by atoms with Crippen LogP contribution in [0.2, 0.25) is 0 Å². The first-order valence-electron chi connectivity index (χ1n) is 7.64. The number of hydrogen-bond donors (Lipinski definition) is 1. The van der Waals surface area contributed by atoms with Gasteiger partial charge in [-0.2, -0.15) is 13.2 Å². The highest BCUT2D eigenvalue weighted by Gasteiger charge is 2.37. The fraction of sp³-hybridized carbons (Fsp3) is 0.222. The van der Waals surface area contributed by atoms with Crippen LogP contribution in [-0.2, 0) is 20.5 Å². The first kappa shape index (κ1) is 20.8. The molecule has 27 heavy (non-hydrogen) atoms. The highest BCUT2D eigenvalue weighted by Crippen LogP contribution is 2.34. The summed E-state index contributed by atoms with van der Waals surface area (Å²) in [6, 6.07) is 9.46. The van der Waals surface area contributed by atoms with E-state index in [0.717, 1.165) is 23.7 Å². The predicted octanol–water partition coefficient (Wildman–Crippen LogP) is 3.88. The van der Waals surface area contributed by atoms with E-state index in [1.54, 1.807) is 24.3 Å². The zero-order valence-corrected chi connectivity index (χ0v) is 15.6. The van der Waals surface area contributed by atoms with Crippen molar-refractivity contribution in [2.45, 2.75) is 12.2 Å². The third-order valence-corrected chi connectivity index (χ3v) is 4.03. The Balaban J connectivity index is 2.17. The van der Waals surface area contributed by atoms with Crippen LogP contribution in [0.15, 0.2) is 53.0 Å². The molecular weight excluding hydrogens is 431 g/mol. The molecule has 2 aromatic carbocycles. The Morgan fingerprint density at radius 1 is 1.11 bits per heavy atom. The summed E-state index contributed by atoms with van der Waals surface area (Å²) in [4.78, 5) is 24.1. The van der Waals surface area contributed by atoms with E-state index in [0.29, 0.717) is 5.75 Å². The average molecular weight is 446 g/mol. The third kappa shape index (κ3) is 5.72. The van der Waals surface area contributed by atoms with Gasteiger partial charge in [0.05, 0.1) is 12.7 Å². The lowest BCUT2D eigenvalue weighted by Crippen LogP contribution is -2.38. The predicted molar refractivity (Wildman–Crippen MR) is 94.0 cm³/mol. The van der Waals surface area contributed by atoms with Gasteiger partial charge in [-0.25, -0.2) is 4.79 Å². The minimum Gasteiger partial charge on any atom is -0.484 e. The smallest absolute Gasteiger partial charge is 0.416 e. The van der Waals surface area contributed by atoms with E-state index in [9.17, 15) is 22.8 Å². The zero-order chi connectivity index (χ0) is 20.0. The van der Waals surface area contributed by atoms with Crippen LogP contribution < -0.4 is 10.1 Å². The molecule has 0 radical (unpaired) electrons. The standard InChI is InChI=1S/C18H15BrF3NO4/c1-26-17(25)16(13-4-2-3-5-14(13)18(20,21)22)23-15(24)10-27-12-8-6-11(19)7-9-12/h2-9,16H,10H2,1H3,(H,23,24). The highest BCUT2D eigenvalue weighted by atomic mass is 79.9. The lowest BCUT2D eigenvalue weighted by molar-refractivity contribution is -0.147. The lowest BCUT2D eigenvalue weighted by atomic mass is 9.99. The van der Waals surface area contributed by atoms with Gasteiger partial charge < -0.3 is 14.8 Å². The number of methoxy groups -OCH3 is 1. The minimum absolute atomic E-state index is 0.388. The van der Waals surface area contributed by atoms with Gasteiger partial charge in [-0.1, -0.05) is 34.1 Å². The second kappa shape index (κ2) is 8.90. The number of alkyl halides is 3. The van der Waals surface area contributed by atoms with E-state index in [1.807, 2.05) is 0 Å². The number of ether oxygens (including phenoxy) is 2. The number of halogens is 4. The number of benzene rings is 2. The number of carbonyl (C=O) groups excluding carboxylic acids is 2. The maximum absolute atomic E-state index is 13.2. The lowest BCUT2D eigenvalue weighted by Gasteiger charge is -2.21. The Morgan fingerprint density at radius 2 is 1.74 bits per heavy atom. The third-order valence-electron chi connectivity index (χ3n) is 3.50. The summed E-state index contributed by atoms with van der Waals surface area (Å²) >= 11 is 3.25. The summed E-state index contributed by atoms with van der Waals surface area (Å²) < 4.78 is 50.3. The van der Waals surface area contributed by atoms with Crippen LogP contribution in [0.25, 0.3) is 0 Å². The fourth-order valence-electron chi connectivity index (χ4n) is 2.27. The van der Waals surface area contributed by atoms with E-state index in [2.05, 4.69) is 26.0 Å². The number of hydrogen-bond acceptors (Lipinski definition) is 4. The van der Waals surface area contributed by atoms with Crippen molar-refractivity contribution < 1.29 is 32.2 Å². The molecule has 0 aromatic heterocycles. The van der Waals surface area contributed by atoms with Crippen molar-refractivity contribution in [2.24, 2.45) is 0 Å². The van der Waals surface area contributed by atoms with Crippen LogP contribution >= 0.6 is 15.9 Å². The molecule has 5 nitrogen and oxygen atoms in total. The van der Waals surface area contributed by atoms with Gasteiger partial charge in [0.25, 0.3) is 5.91 Å². The Kier molecular flexibility index (Phi) is 6.84. The van der Waals surface area contributed by atoms with Crippen molar-refractivity contribution >= 4 is 27.8 Å². The quantitative estimate of drug-likeness (QED) is 0.685. The van der Waals surface area contributed by atoms with Crippen LogP contribution in [0.1, 0.15) is 17.2 Å². The van der Waals surface area contributed by atoms with E-state index in [1.165, 1.54) is 12.1 Å². The van der Waals surface area contributed by atoms with Crippen molar-refractivity contribution in [3.63, 3.8) is 0 Å². The summed E-state index contributed by atoms with van der Waals surface area (Å²) in [6.07, 6.45) is -4.69. The summed E-state index contributed by atoms with van der Waals surface area (Å²) in [5.74, 6) is -1.41. The highest BCUT2D eigenvalue weighted by molar-refractivity contribution is 9.10. The van der Waals surface area contributed by atoms with E-state index in [-0.39, 0.29) is 0 Å². The number of rotatable bonds is 6. The molecule has 0 saturated heterocycles. The van der Waals surface area contributed by atoms with Gasteiger partial charge in [-0.3, -0.25) is 4.79 Å². The van der Waals surface area contributed by atoms with Gasteiger partial charge in [0.1, 0.15) is 5.75 Å². The molecule has 2 aromatic rings. The molecule has 144 valence electrons. The molecule has 2 rings (SSSR count). The molecule has 0 aliphatic heterocycles. The first-order chi connectivity index (χ1) is 12.7. The van der Waals surface area contributed by atoms with Gasteiger partial charge in [0, 0.05) is 4.47 Å². The molecule has 9 heteroatoms. The molecule has 0 saturated carbocycles. The summed E-state index contributed by atoms with van der Waals surface area (Å²) in [5, 5.41) is 2.23. The molecular formula is C18H15BrF3NO4. The Morgan fingerprint density at radius 3 is 2.33 bits per heavy atom. The topological polar surface area (TPSA) is 64.6 Å². The first-order valence-corrected chi connectivity index (χ1v) is 8.43. The second-order valence-electron chi connectivity index (χ2n) is 5.35. The van der Waals surface area contributed by atoms with Crippen LogP contribution in [0.3, 0.4) is 0 Å². The monoisotopic (exact) mass is 445 g/mol. The van der Waals surface area contributed by atoms with Gasteiger partial charge in [-0.05, 0) is 35.9 Å². The number of esters is 1. The largest absolute Gasteiger partial charge is 0.484 e. The Hall–Kier alpha value is -2.55. The van der Waals surface area contributed by atoms with Gasteiger partial charge in [0.2, 0.25) is 0 Å². The van der Waals surface area contributed by atoms with Crippen LogP contribution in [0.5, 0.6) is 5.75 Å². The number of amides is 1. The van der Waals surface area contributed by atoms with E-state index < -0.39 is 41.8 Å². The molecule has 0 aliphatic rings. The maximum Gasteiger partial charge on any atom is 0.416 e. The van der Waals surface area contributed by atoms with Crippen LogP contribution in [0.4, 0.5) is 13.2 Å². The van der Waals surface area contributed by atoms with E-state index >= 15 is 0 Å². The minimum atomic E-state index is -4.69. The molecule has 1 unspecified atom stereocenters. The van der Waals surface area contributed by atoms with Crippen LogP contribution in [-0.4, -0.2) is 25.6 Å². The summed E-state index contributed by atoms with van der Waals surface area (Å²) in [6.45, 7) is -0.483. The SMILES string of the molecule is COC(=O)C(NC(=O)COc1ccc(Br)cc1)c1ccccc1C(F)(F)F. The molecule has 0 fully saturated rings. The normalized spacial score (nSPS) is 12.2. The number of nitrogens with one attached hydrogen (secondary N) is 1. The van der Waals surface area contributed by atoms with E-state index in [4.69, 9.17) is 4.74 Å². The fourth-order valence-corrected chi connectivity index (χ4v) is 2.54. The molecule has 0 spiro atoms. The molecule has 0 heterocycles. The van der Waals surface area contributed by atoms with Crippen molar-refractivity contribution in [2.75, 3.05) is 13.7 Å². The Bertz CT molecular complexity index is 809. The van der Waals surface area contributed by atoms with Gasteiger partial charge in [0.15, 0.2) is 12.6 Å². The average Bonchev–Trinajstić information content (AvgIpc) is 2.64. The molecule has 1 amide bonds.